The Hall–Kier alpha value is -2.79. The molecule has 0 aliphatic heterocycles. The molecule has 4 rings (SSSR count). The molecule has 1 aromatic rings. The molecule has 0 bridgehead atoms. The van der Waals surface area contributed by atoms with Gasteiger partial charge in [0.2, 0.25) is 5.78 Å². The van der Waals surface area contributed by atoms with Crippen molar-refractivity contribution in [2.75, 3.05) is 7.11 Å². The lowest BCUT2D eigenvalue weighted by atomic mass is 9.43. The minimum Gasteiger partial charge on any atom is -0.511 e. The molecule has 1 saturated carbocycles. The standard InChI is InChI=1S/C28H38N2O8/c1-12(30-38-7)13-8-15(25(2,3)4)20(32)17-14(13)9-26(5)11-27(6)10-16(31)18(24(29)36)22(34)28(27,37)23(35)19(26)21(17)33/h8,12,19,23,30-32,35,37H,9-11H2,1-7H3,(H2,29,36)/t12?,19?,23?,26-,27+,28+/m0/s1. The molecule has 3 aliphatic carbocycles. The molecule has 6 atom stereocenters. The summed E-state index contributed by atoms with van der Waals surface area (Å²) in [6.45, 7) is 10.9. The molecule has 0 heterocycles. The van der Waals surface area contributed by atoms with Crippen LogP contribution >= 0.6 is 0 Å². The average Bonchev–Trinajstić information content (AvgIpc) is 2.75. The molecule has 1 aromatic carbocycles. The largest absolute Gasteiger partial charge is 0.511 e. The second-order valence-electron chi connectivity index (χ2n) is 12.8. The van der Waals surface area contributed by atoms with Crippen LogP contribution in [0.2, 0.25) is 0 Å². The van der Waals surface area contributed by atoms with E-state index in [0.29, 0.717) is 11.1 Å². The third-order valence-electron chi connectivity index (χ3n) is 9.00. The number of ketones is 2. The predicted octanol–water partition coefficient (Wildman–Crippen LogP) is 2.04. The number of aliphatic hydroxyl groups excluding tert-OH is 2. The SMILES string of the molecule is CONC(C)c1cc(C(C)(C)C)c(O)c2c1C[C@@]1(C)C[C@@]3(C)CC(O)=C(C(N)=O)C(=O)[C@@]3(O)C(O)C1C2=O. The van der Waals surface area contributed by atoms with Gasteiger partial charge < -0.3 is 31.0 Å². The van der Waals surface area contributed by atoms with Crippen LogP contribution in [-0.4, -0.2) is 56.7 Å². The van der Waals surface area contributed by atoms with Crippen molar-refractivity contribution in [1.29, 1.82) is 0 Å². The number of primary amides is 1. The summed E-state index contributed by atoms with van der Waals surface area (Å²) in [6, 6.07) is 1.50. The summed E-state index contributed by atoms with van der Waals surface area (Å²) < 4.78 is 0. The van der Waals surface area contributed by atoms with Crippen molar-refractivity contribution < 1.29 is 39.6 Å². The number of hydroxylamine groups is 1. The van der Waals surface area contributed by atoms with E-state index in [9.17, 15) is 34.8 Å². The number of allylic oxidation sites excluding steroid dienone is 1. The number of phenolic OH excluding ortho intramolecular Hbond substituents is 1. The molecular weight excluding hydrogens is 492 g/mol. The van der Waals surface area contributed by atoms with E-state index in [1.807, 2.05) is 33.8 Å². The maximum absolute atomic E-state index is 14.3. The van der Waals surface area contributed by atoms with Crippen molar-refractivity contribution in [2.45, 2.75) is 84.0 Å². The van der Waals surface area contributed by atoms with Gasteiger partial charge in [-0.25, -0.2) is 0 Å². The molecular formula is C28H38N2O8. The Bertz CT molecular complexity index is 1280. The van der Waals surface area contributed by atoms with Crippen LogP contribution in [0.4, 0.5) is 0 Å². The lowest BCUT2D eigenvalue weighted by molar-refractivity contribution is -0.221. The Labute approximate surface area is 221 Å². The van der Waals surface area contributed by atoms with Gasteiger partial charge in [0, 0.05) is 17.4 Å². The van der Waals surface area contributed by atoms with E-state index in [2.05, 4.69) is 5.48 Å². The number of carbonyl (C=O) groups excluding carboxylic acids is 3. The minimum atomic E-state index is -2.55. The van der Waals surface area contributed by atoms with Crippen molar-refractivity contribution in [3.8, 4) is 5.75 Å². The number of hydrogen-bond donors (Lipinski definition) is 6. The van der Waals surface area contributed by atoms with Gasteiger partial charge >= 0.3 is 0 Å². The van der Waals surface area contributed by atoms with Gasteiger partial charge in [0.15, 0.2) is 11.4 Å². The summed E-state index contributed by atoms with van der Waals surface area (Å²) >= 11 is 0. The highest BCUT2D eigenvalue weighted by Gasteiger charge is 2.71. The van der Waals surface area contributed by atoms with Crippen LogP contribution in [0.3, 0.4) is 0 Å². The first-order valence-corrected chi connectivity index (χ1v) is 12.7. The molecule has 1 fully saturated rings. The highest BCUT2D eigenvalue weighted by Crippen LogP contribution is 2.63. The minimum absolute atomic E-state index is 0.0441. The number of benzene rings is 1. The Kier molecular flexibility index (Phi) is 6.39. The first-order valence-electron chi connectivity index (χ1n) is 12.7. The van der Waals surface area contributed by atoms with E-state index < -0.39 is 62.7 Å². The Morgan fingerprint density at radius 3 is 2.34 bits per heavy atom. The number of rotatable bonds is 4. The summed E-state index contributed by atoms with van der Waals surface area (Å²) in [6.07, 6.45) is -1.89. The third kappa shape index (κ3) is 3.65. The topological polar surface area (TPSA) is 179 Å². The summed E-state index contributed by atoms with van der Waals surface area (Å²) in [5.41, 5.74) is 3.91. The number of fused-ring (bicyclic) bond motifs is 3. The monoisotopic (exact) mass is 530 g/mol. The highest BCUT2D eigenvalue weighted by molar-refractivity contribution is 6.23. The van der Waals surface area contributed by atoms with Crippen molar-refractivity contribution in [2.24, 2.45) is 22.5 Å². The van der Waals surface area contributed by atoms with Crippen molar-refractivity contribution >= 4 is 17.5 Å². The second-order valence-corrected chi connectivity index (χ2v) is 12.8. The Morgan fingerprint density at radius 1 is 1.21 bits per heavy atom. The van der Waals surface area contributed by atoms with Gasteiger partial charge in [0.1, 0.15) is 23.2 Å². The number of carbonyl (C=O) groups is 3. The summed E-state index contributed by atoms with van der Waals surface area (Å²) in [5, 5.41) is 45.4. The van der Waals surface area contributed by atoms with Crippen LogP contribution in [0.25, 0.3) is 0 Å². The van der Waals surface area contributed by atoms with Crippen LogP contribution in [0.5, 0.6) is 5.75 Å². The fourth-order valence-electron chi connectivity index (χ4n) is 7.33. The van der Waals surface area contributed by atoms with Crippen LogP contribution in [0.15, 0.2) is 17.4 Å². The third-order valence-corrected chi connectivity index (χ3v) is 9.00. The molecule has 10 nitrogen and oxygen atoms in total. The van der Waals surface area contributed by atoms with Gasteiger partial charge in [-0.05, 0) is 47.8 Å². The summed E-state index contributed by atoms with van der Waals surface area (Å²) in [5.74, 6) is -5.04. The number of hydrogen-bond acceptors (Lipinski definition) is 9. The number of Topliss-reactive ketones (excluding diaryl/α,β-unsaturated/α-hetero) is 2. The number of aromatic hydroxyl groups is 1. The molecule has 38 heavy (non-hydrogen) atoms. The van der Waals surface area contributed by atoms with E-state index in [1.165, 1.54) is 7.11 Å². The molecule has 0 spiro atoms. The molecule has 1 amide bonds. The van der Waals surface area contributed by atoms with E-state index in [1.54, 1.807) is 13.8 Å². The predicted molar refractivity (Wildman–Crippen MR) is 137 cm³/mol. The molecule has 7 N–H and O–H groups in total. The number of nitrogens with two attached hydrogens (primary N) is 1. The zero-order valence-electron chi connectivity index (χ0n) is 22.9. The molecule has 0 radical (unpaired) electrons. The maximum atomic E-state index is 14.3. The normalized spacial score (nSPS) is 33.9. The van der Waals surface area contributed by atoms with Crippen molar-refractivity contribution in [3.63, 3.8) is 0 Å². The summed E-state index contributed by atoms with van der Waals surface area (Å²) in [7, 11) is 1.48. The van der Waals surface area contributed by atoms with Crippen molar-refractivity contribution in [3.05, 3.63) is 39.7 Å². The molecule has 3 aliphatic rings. The lowest BCUT2D eigenvalue weighted by Crippen LogP contribution is -2.73. The quantitative estimate of drug-likeness (QED) is 0.251. The number of nitrogens with one attached hydrogen (secondary N) is 1. The Morgan fingerprint density at radius 2 is 1.82 bits per heavy atom. The van der Waals surface area contributed by atoms with Gasteiger partial charge in [-0.2, -0.15) is 5.48 Å². The van der Waals surface area contributed by atoms with E-state index in [0.717, 1.165) is 5.56 Å². The number of amides is 1. The lowest BCUT2D eigenvalue weighted by Gasteiger charge is -2.61. The van der Waals surface area contributed by atoms with Crippen LogP contribution in [-0.2, 0) is 26.3 Å². The number of phenols is 1. The van der Waals surface area contributed by atoms with E-state index >= 15 is 0 Å². The van der Waals surface area contributed by atoms with Crippen LogP contribution in [0, 0.1) is 16.7 Å². The molecule has 0 saturated heterocycles. The fourth-order valence-corrected chi connectivity index (χ4v) is 7.33. The molecule has 208 valence electrons. The number of aliphatic hydroxyl groups is 3. The first kappa shape index (κ1) is 28.2. The second kappa shape index (κ2) is 8.61. The molecule has 0 aromatic heterocycles. The van der Waals surface area contributed by atoms with Gasteiger partial charge in [0.25, 0.3) is 5.91 Å². The highest BCUT2D eigenvalue weighted by atomic mass is 16.6. The van der Waals surface area contributed by atoms with Crippen LogP contribution < -0.4 is 11.2 Å². The van der Waals surface area contributed by atoms with Gasteiger partial charge in [0.05, 0.1) is 24.6 Å². The van der Waals surface area contributed by atoms with Gasteiger partial charge in [-0.3, -0.25) is 14.4 Å². The van der Waals surface area contributed by atoms with Gasteiger partial charge in [-0.1, -0.05) is 34.6 Å². The summed E-state index contributed by atoms with van der Waals surface area (Å²) in [4.78, 5) is 44.8. The zero-order valence-corrected chi connectivity index (χ0v) is 22.9. The smallest absolute Gasteiger partial charge is 0.255 e. The average molecular weight is 531 g/mol. The molecule has 3 unspecified atom stereocenters. The van der Waals surface area contributed by atoms with E-state index in [4.69, 9.17) is 10.6 Å². The zero-order chi connectivity index (χ0) is 28.7. The molecule has 10 heteroatoms. The van der Waals surface area contributed by atoms with Crippen molar-refractivity contribution in [1.82, 2.24) is 5.48 Å². The maximum Gasteiger partial charge on any atom is 0.255 e. The van der Waals surface area contributed by atoms with Gasteiger partial charge in [-0.15, -0.1) is 0 Å². The Balaban J connectivity index is 1.98. The van der Waals surface area contributed by atoms with E-state index in [-0.39, 0.29) is 36.6 Å². The first-order chi connectivity index (χ1) is 17.4. The fraction of sp³-hybridized carbons (Fsp3) is 0.607. The van der Waals surface area contributed by atoms with Crippen LogP contribution in [0.1, 0.15) is 87.5 Å².